The van der Waals surface area contributed by atoms with E-state index in [9.17, 15) is 0 Å². The van der Waals surface area contributed by atoms with Crippen molar-refractivity contribution >= 4 is 0 Å². The molecular formula is C14H27N3O. The van der Waals surface area contributed by atoms with Gasteiger partial charge in [-0.25, -0.2) is 0 Å². The van der Waals surface area contributed by atoms with E-state index < -0.39 is 0 Å². The molecule has 3 aliphatic heterocycles. The Morgan fingerprint density at radius 1 is 1.22 bits per heavy atom. The molecule has 3 atom stereocenters. The number of hydrogen-bond donors (Lipinski definition) is 2. The maximum absolute atomic E-state index is 6.13. The van der Waals surface area contributed by atoms with Crippen LogP contribution in [0.15, 0.2) is 0 Å². The van der Waals surface area contributed by atoms with Crippen LogP contribution in [0.3, 0.4) is 0 Å². The minimum Gasteiger partial charge on any atom is -0.377 e. The van der Waals surface area contributed by atoms with E-state index in [0.29, 0.717) is 12.1 Å². The van der Waals surface area contributed by atoms with Crippen LogP contribution in [0.2, 0.25) is 0 Å². The molecule has 3 N–H and O–H groups in total. The molecule has 3 saturated heterocycles. The third-order valence-electron chi connectivity index (χ3n) is 5.17. The maximum Gasteiger partial charge on any atom is 0.0700 e. The van der Waals surface area contributed by atoms with Gasteiger partial charge in [-0.1, -0.05) is 6.42 Å². The third-order valence-corrected chi connectivity index (χ3v) is 5.17. The second-order valence-electron chi connectivity index (χ2n) is 6.17. The Morgan fingerprint density at radius 2 is 2.17 bits per heavy atom. The summed E-state index contributed by atoms with van der Waals surface area (Å²) < 4.78 is 5.72. The first-order valence-electron chi connectivity index (χ1n) is 7.65. The van der Waals surface area contributed by atoms with Gasteiger partial charge in [0.05, 0.1) is 6.10 Å². The van der Waals surface area contributed by atoms with E-state index in [2.05, 4.69) is 10.2 Å². The molecule has 3 unspecified atom stereocenters. The first kappa shape index (κ1) is 12.9. The Morgan fingerprint density at radius 3 is 2.94 bits per heavy atom. The molecule has 0 aliphatic carbocycles. The summed E-state index contributed by atoms with van der Waals surface area (Å²) in [6.07, 6.45) is 8.11. The molecule has 0 aromatic carbocycles. The molecule has 3 aliphatic rings. The van der Waals surface area contributed by atoms with E-state index in [1.807, 2.05) is 0 Å². The van der Waals surface area contributed by atoms with E-state index >= 15 is 0 Å². The Labute approximate surface area is 110 Å². The van der Waals surface area contributed by atoms with Crippen molar-refractivity contribution in [3.8, 4) is 0 Å². The first-order valence-corrected chi connectivity index (χ1v) is 7.65. The number of piperidine rings is 1. The van der Waals surface area contributed by atoms with Crippen molar-refractivity contribution in [2.24, 2.45) is 5.73 Å². The van der Waals surface area contributed by atoms with E-state index in [4.69, 9.17) is 10.5 Å². The van der Waals surface area contributed by atoms with Crippen LogP contribution in [0.1, 0.15) is 38.5 Å². The summed E-state index contributed by atoms with van der Waals surface area (Å²) in [5.41, 5.74) is 6.29. The molecule has 0 radical (unpaired) electrons. The summed E-state index contributed by atoms with van der Waals surface area (Å²) in [6, 6.07) is 0.664. The summed E-state index contributed by atoms with van der Waals surface area (Å²) in [7, 11) is 0. The summed E-state index contributed by atoms with van der Waals surface area (Å²) >= 11 is 0. The number of nitrogens with two attached hydrogens (primary N) is 1. The molecule has 0 amide bonds. The molecule has 3 heterocycles. The predicted molar refractivity (Wildman–Crippen MR) is 72.6 cm³/mol. The lowest BCUT2D eigenvalue weighted by atomic mass is 9.85. The van der Waals surface area contributed by atoms with Crippen molar-refractivity contribution in [1.82, 2.24) is 10.2 Å². The average molecular weight is 253 g/mol. The van der Waals surface area contributed by atoms with E-state index in [1.54, 1.807) is 0 Å². The van der Waals surface area contributed by atoms with Gasteiger partial charge in [0.2, 0.25) is 0 Å². The second kappa shape index (κ2) is 5.45. The zero-order valence-corrected chi connectivity index (χ0v) is 11.4. The Kier molecular flexibility index (Phi) is 3.89. The second-order valence-corrected chi connectivity index (χ2v) is 6.17. The lowest BCUT2D eigenvalue weighted by molar-refractivity contribution is 0.0880. The van der Waals surface area contributed by atoms with Crippen LogP contribution in [0, 0.1) is 0 Å². The highest BCUT2D eigenvalue weighted by Gasteiger charge is 2.46. The van der Waals surface area contributed by atoms with Crippen LogP contribution in [-0.4, -0.2) is 55.4 Å². The van der Waals surface area contributed by atoms with Gasteiger partial charge in [0.15, 0.2) is 0 Å². The average Bonchev–Trinajstić information content (AvgIpc) is 3.05. The highest BCUT2D eigenvalue weighted by atomic mass is 16.5. The number of rotatable bonds is 4. The quantitative estimate of drug-likeness (QED) is 0.775. The van der Waals surface area contributed by atoms with Gasteiger partial charge in [-0.2, -0.15) is 0 Å². The fraction of sp³-hybridized carbons (Fsp3) is 1.00. The molecular weight excluding hydrogens is 226 g/mol. The number of nitrogens with one attached hydrogen (secondary N) is 1. The zero-order valence-electron chi connectivity index (χ0n) is 11.4. The number of fused-ring (bicyclic) bond motifs is 1. The van der Waals surface area contributed by atoms with Crippen molar-refractivity contribution < 1.29 is 4.74 Å². The Bertz CT molecular complexity index is 280. The van der Waals surface area contributed by atoms with Crippen LogP contribution in [0.25, 0.3) is 0 Å². The molecule has 18 heavy (non-hydrogen) atoms. The van der Waals surface area contributed by atoms with Gasteiger partial charge in [-0.3, -0.25) is 4.90 Å². The van der Waals surface area contributed by atoms with Crippen molar-refractivity contribution in [3.63, 3.8) is 0 Å². The Balaban J connectivity index is 1.62. The first-order chi connectivity index (χ1) is 8.84. The van der Waals surface area contributed by atoms with E-state index in [-0.39, 0.29) is 5.54 Å². The number of hydrogen-bond acceptors (Lipinski definition) is 4. The van der Waals surface area contributed by atoms with Crippen molar-refractivity contribution in [1.29, 1.82) is 0 Å². The summed E-state index contributed by atoms with van der Waals surface area (Å²) in [5, 5.41) is 3.79. The fourth-order valence-electron chi connectivity index (χ4n) is 4.03. The van der Waals surface area contributed by atoms with E-state index in [1.165, 1.54) is 51.6 Å². The third kappa shape index (κ3) is 2.31. The zero-order chi connectivity index (χ0) is 12.4. The van der Waals surface area contributed by atoms with Gasteiger partial charge in [0.25, 0.3) is 0 Å². The number of nitrogens with zero attached hydrogens (tertiary/aromatic N) is 1. The van der Waals surface area contributed by atoms with Crippen LogP contribution in [0.5, 0.6) is 0 Å². The summed E-state index contributed by atoms with van der Waals surface area (Å²) in [6.45, 7) is 5.19. The van der Waals surface area contributed by atoms with Crippen LogP contribution >= 0.6 is 0 Å². The molecule has 0 spiro atoms. The Hall–Kier alpha value is -0.160. The topological polar surface area (TPSA) is 50.5 Å². The van der Waals surface area contributed by atoms with Gasteiger partial charge in [-0.15, -0.1) is 0 Å². The van der Waals surface area contributed by atoms with Gasteiger partial charge < -0.3 is 15.8 Å². The molecule has 104 valence electrons. The lowest BCUT2D eigenvalue weighted by Gasteiger charge is -2.41. The summed E-state index contributed by atoms with van der Waals surface area (Å²) in [4.78, 5) is 2.65. The molecule has 4 heteroatoms. The van der Waals surface area contributed by atoms with Crippen molar-refractivity contribution in [3.05, 3.63) is 0 Å². The van der Waals surface area contributed by atoms with Gasteiger partial charge in [0.1, 0.15) is 0 Å². The molecule has 3 rings (SSSR count). The molecule has 0 aromatic heterocycles. The van der Waals surface area contributed by atoms with Crippen LogP contribution in [0.4, 0.5) is 0 Å². The van der Waals surface area contributed by atoms with Crippen molar-refractivity contribution in [2.75, 3.05) is 32.8 Å². The highest BCUT2D eigenvalue weighted by Crippen LogP contribution is 2.34. The minimum atomic E-state index is 0.159. The molecule has 0 bridgehead atoms. The molecule has 3 fully saturated rings. The molecule has 0 saturated carbocycles. The SMILES string of the molecule is NCC1(NCC2CCCO2)CCN2CCCCC21. The minimum absolute atomic E-state index is 0.159. The van der Waals surface area contributed by atoms with Crippen LogP contribution < -0.4 is 11.1 Å². The maximum atomic E-state index is 6.13. The van der Waals surface area contributed by atoms with Gasteiger partial charge in [-0.05, 0) is 38.6 Å². The highest BCUT2D eigenvalue weighted by molar-refractivity contribution is 5.07. The largest absolute Gasteiger partial charge is 0.377 e. The molecule has 4 nitrogen and oxygen atoms in total. The molecule has 0 aromatic rings. The van der Waals surface area contributed by atoms with Gasteiger partial charge in [0, 0.05) is 37.8 Å². The normalized spacial score (nSPS) is 41.2. The number of ether oxygens (including phenoxy) is 1. The smallest absolute Gasteiger partial charge is 0.0700 e. The van der Waals surface area contributed by atoms with E-state index in [0.717, 1.165) is 19.7 Å². The van der Waals surface area contributed by atoms with Crippen molar-refractivity contribution in [2.45, 2.75) is 56.2 Å². The lowest BCUT2D eigenvalue weighted by Crippen LogP contribution is -2.61. The predicted octanol–water partition coefficient (Wildman–Crippen LogP) is 0.711. The van der Waals surface area contributed by atoms with Gasteiger partial charge >= 0.3 is 0 Å². The van der Waals surface area contributed by atoms with Crippen LogP contribution in [-0.2, 0) is 4.74 Å². The summed E-state index contributed by atoms with van der Waals surface area (Å²) in [5.74, 6) is 0. The standard InChI is InChI=1S/C14H27N3O/c15-11-14(16-10-12-4-3-9-18-12)6-8-17-7-2-1-5-13(14)17/h12-13,16H,1-11,15H2. The monoisotopic (exact) mass is 253 g/mol. The fourth-order valence-corrected chi connectivity index (χ4v) is 4.03.